The van der Waals surface area contributed by atoms with Gasteiger partial charge >= 0.3 is 0 Å². The lowest BCUT2D eigenvalue weighted by molar-refractivity contribution is -0.385. The molecule has 2 fully saturated rings. The molecule has 0 bridgehead atoms. The van der Waals surface area contributed by atoms with Crippen molar-refractivity contribution in [3.8, 4) is 0 Å². The molecule has 0 aromatic heterocycles. The predicted octanol–water partition coefficient (Wildman–Crippen LogP) is 2.85. The molecule has 0 saturated carbocycles. The number of hydrogen-bond donors (Lipinski definition) is 0. The molecule has 1 atom stereocenters. The fraction of sp³-hybridized carbons (Fsp3) is 0.579. The standard InChI is InChI=1S/C19H25N3O4/c23-18(20-11-5-1-2-6-12-20)15-8-7-13-21(14-15)19(24)16-9-3-4-10-17(16)22(25)26/h3-4,9-10,15H,1-2,5-8,11-14H2/t15-/m1/s1. The van der Waals surface area contributed by atoms with Crippen molar-refractivity contribution < 1.29 is 14.5 Å². The van der Waals surface area contributed by atoms with Crippen molar-refractivity contribution in [3.05, 3.63) is 39.9 Å². The summed E-state index contributed by atoms with van der Waals surface area (Å²) < 4.78 is 0. The third-order valence-corrected chi connectivity index (χ3v) is 5.31. The first-order valence-electron chi connectivity index (χ1n) is 9.39. The summed E-state index contributed by atoms with van der Waals surface area (Å²) in [6, 6.07) is 6.01. The monoisotopic (exact) mass is 359 g/mol. The van der Waals surface area contributed by atoms with Crippen LogP contribution in [-0.2, 0) is 4.79 Å². The highest BCUT2D eigenvalue weighted by molar-refractivity contribution is 5.98. The van der Waals surface area contributed by atoms with Gasteiger partial charge in [0.15, 0.2) is 0 Å². The van der Waals surface area contributed by atoms with Crippen LogP contribution in [0.2, 0.25) is 0 Å². The van der Waals surface area contributed by atoms with Gasteiger partial charge in [-0.15, -0.1) is 0 Å². The van der Waals surface area contributed by atoms with E-state index in [0.29, 0.717) is 13.1 Å². The second-order valence-electron chi connectivity index (χ2n) is 7.10. The van der Waals surface area contributed by atoms with Crippen LogP contribution in [0.3, 0.4) is 0 Å². The van der Waals surface area contributed by atoms with Gasteiger partial charge in [-0.3, -0.25) is 19.7 Å². The van der Waals surface area contributed by atoms with Gasteiger partial charge in [-0.2, -0.15) is 0 Å². The molecule has 7 heteroatoms. The fourth-order valence-electron chi connectivity index (χ4n) is 3.90. The molecular weight excluding hydrogens is 334 g/mol. The first-order chi connectivity index (χ1) is 12.6. The van der Waals surface area contributed by atoms with Crippen LogP contribution < -0.4 is 0 Å². The van der Waals surface area contributed by atoms with E-state index >= 15 is 0 Å². The number of amides is 2. The van der Waals surface area contributed by atoms with Crippen molar-refractivity contribution in [2.75, 3.05) is 26.2 Å². The third-order valence-electron chi connectivity index (χ3n) is 5.31. The van der Waals surface area contributed by atoms with Crippen molar-refractivity contribution in [2.45, 2.75) is 38.5 Å². The van der Waals surface area contributed by atoms with E-state index in [9.17, 15) is 19.7 Å². The van der Waals surface area contributed by atoms with Gasteiger partial charge in [0.1, 0.15) is 5.56 Å². The first kappa shape index (κ1) is 18.4. The number of piperidine rings is 1. The SMILES string of the molecule is O=C(c1ccccc1[N+](=O)[O-])N1CCC[C@@H](C(=O)N2CCCCCC2)C1. The van der Waals surface area contributed by atoms with Gasteiger partial charge in [0, 0.05) is 32.2 Å². The van der Waals surface area contributed by atoms with E-state index in [4.69, 9.17) is 0 Å². The molecule has 3 rings (SSSR count). The molecule has 1 aromatic rings. The lowest BCUT2D eigenvalue weighted by Crippen LogP contribution is -2.47. The minimum Gasteiger partial charge on any atom is -0.342 e. The molecule has 1 aromatic carbocycles. The maximum atomic E-state index is 12.9. The van der Waals surface area contributed by atoms with E-state index in [1.165, 1.54) is 12.1 Å². The van der Waals surface area contributed by atoms with E-state index in [-0.39, 0.29) is 29.0 Å². The van der Waals surface area contributed by atoms with E-state index in [1.807, 2.05) is 4.90 Å². The average Bonchev–Trinajstić information content (AvgIpc) is 2.96. The third kappa shape index (κ3) is 4.03. The molecule has 0 aliphatic carbocycles. The molecule has 2 aliphatic heterocycles. The number of nitro groups is 1. The summed E-state index contributed by atoms with van der Waals surface area (Å²) in [5.41, 5.74) is -0.0844. The Hall–Kier alpha value is -2.44. The van der Waals surface area contributed by atoms with Crippen molar-refractivity contribution >= 4 is 17.5 Å². The highest BCUT2D eigenvalue weighted by Crippen LogP contribution is 2.25. The van der Waals surface area contributed by atoms with Crippen LogP contribution in [0.5, 0.6) is 0 Å². The zero-order valence-corrected chi connectivity index (χ0v) is 14.9. The number of para-hydroxylation sites is 1. The fourth-order valence-corrected chi connectivity index (χ4v) is 3.90. The second-order valence-corrected chi connectivity index (χ2v) is 7.10. The number of carbonyl (C=O) groups is 2. The summed E-state index contributed by atoms with van der Waals surface area (Å²) in [5, 5.41) is 11.2. The van der Waals surface area contributed by atoms with E-state index in [0.717, 1.165) is 51.6 Å². The predicted molar refractivity (Wildman–Crippen MR) is 96.8 cm³/mol. The zero-order valence-electron chi connectivity index (χ0n) is 14.9. The second kappa shape index (κ2) is 8.29. The Morgan fingerprint density at radius 1 is 0.962 bits per heavy atom. The van der Waals surface area contributed by atoms with Crippen molar-refractivity contribution in [1.29, 1.82) is 0 Å². The summed E-state index contributed by atoms with van der Waals surface area (Å²) in [5.74, 6) is -0.425. The molecule has 2 aliphatic rings. The van der Waals surface area contributed by atoms with Crippen LogP contribution in [0.25, 0.3) is 0 Å². The van der Waals surface area contributed by atoms with Crippen LogP contribution >= 0.6 is 0 Å². The van der Waals surface area contributed by atoms with Crippen molar-refractivity contribution in [1.82, 2.24) is 9.80 Å². The van der Waals surface area contributed by atoms with Gasteiger partial charge in [-0.25, -0.2) is 0 Å². The highest BCUT2D eigenvalue weighted by Gasteiger charge is 2.33. The Morgan fingerprint density at radius 2 is 1.62 bits per heavy atom. The molecule has 2 heterocycles. The van der Waals surface area contributed by atoms with Gasteiger partial charge in [0.05, 0.1) is 10.8 Å². The van der Waals surface area contributed by atoms with Gasteiger partial charge in [0.25, 0.3) is 11.6 Å². The molecule has 0 N–H and O–H groups in total. The smallest absolute Gasteiger partial charge is 0.282 e. The van der Waals surface area contributed by atoms with Crippen LogP contribution in [0.15, 0.2) is 24.3 Å². The van der Waals surface area contributed by atoms with Crippen LogP contribution in [-0.4, -0.2) is 52.7 Å². The van der Waals surface area contributed by atoms with Crippen LogP contribution in [0.1, 0.15) is 48.9 Å². The molecule has 2 saturated heterocycles. The molecule has 140 valence electrons. The normalized spacial score (nSPS) is 21.2. The highest BCUT2D eigenvalue weighted by atomic mass is 16.6. The number of hydrogen-bond acceptors (Lipinski definition) is 4. The minimum absolute atomic E-state index is 0.0976. The number of nitrogens with zero attached hydrogens (tertiary/aromatic N) is 3. The minimum atomic E-state index is -0.531. The largest absolute Gasteiger partial charge is 0.342 e. The summed E-state index contributed by atoms with van der Waals surface area (Å²) in [7, 11) is 0. The molecule has 2 amide bonds. The van der Waals surface area contributed by atoms with Crippen LogP contribution in [0.4, 0.5) is 5.69 Å². The maximum absolute atomic E-state index is 12.9. The molecule has 0 radical (unpaired) electrons. The summed E-state index contributed by atoms with van der Waals surface area (Å²) in [6.45, 7) is 2.48. The summed E-state index contributed by atoms with van der Waals surface area (Å²) in [4.78, 5) is 39.9. The van der Waals surface area contributed by atoms with Crippen LogP contribution in [0, 0.1) is 16.0 Å². The number of benzene rings is 1. The zero-order chi connectivity index (χ0) is 18.5. The first-order valence-corrected chi connectivity index (χ1v) is 9.39. The topological polar surface area (TPSA) is 83.8 Å². The summed E-state index contributed by atoms with van der Waals surface area (Å²) in [6.07, 6.45) is 5.93. The lowest BCUT2D eigenvalue weighted by Gasteiger charge is -2.34. The lowest BCUT2D eigenvalue weighted by atomic mass is 9.95. The van der Waals surface area contributed by atoms with Crippen molar-refractivity contribution in [2.24, 2.45) is 5.92 Å². The van der Waals surface area contributed by atoms with E-state index in [1.54, 1.807) is 17.0 Å². The quantitative estimate of drug-likeness (QED) is 0.614. The van der Waals surface area contributed by atoms with E-state index < -0.39 is 4.92 Å². The Morgan fingerprint density at radius 3 is 2.31 bits per heavy atom. The Bertz CT molecular complexity index is 683. The average molecular weight is 359 g/mol. The molecular formula is C19H25N3O4. The molecule has 0 spiro atoms. The van der Waals surface area contributed by atoms with E-state index in [2.05, 4.69) is 0 Å². The van der Waals surface area contributed by atoms with Gasteiger partial charge in [-0.05, 0) is 31.7 Å². The molecule has 0 unspecified atom stereocenters. The molecule has 7 nitrogen and oxygen atoms in total. The Kier molecular flexibility index (Phi) is 5.85. The number of rotatable bonds is 3. The maximum Gasteiger partial charge on any atom is 0.282 e. The Balaban J connectivity index is 1.71. The number of nitro benzene ring substituents is 1. The number of carbonyl (C=O) groups excluding carboxylic acids is 2. The number of likely N-dealkylation sites (tertiary alicyclic amines) is 2. The van der Waals surface area contributed by atoms with Gasteiger partial charge in [0.2, 0.25) is 5.91 Å². The van der Waals surface area contributed by atoms with Gasteiger partial charge < -0.3 is 9.80 Å². The summed E-state index contributed by atoms with van der Waals surface area (Å²) >= 11 is 0. The van der Waals surface area contributed by atoms with Crippen molar-refractivity contribution in [3.63, 3.8) is 0 Å². The molecule has 26 heavy (non-hydrogen) atoms. The Labute approximate surface area is 153 Å². The van der Waals surface area contributed by atoms with Gasteiger partial charge in [-0.1, -0.05) is 25.0 Å².